The van der Waals surface area contributed by atoms with Crippen molar-refractivity contribution in [2.45, 2.75) is 63.1 Å². The van der Waals surface area contributed by atoms with E-state index < -0.39 is 9.84 Å². The molecule has 2 saturated heterocycles. The summed E-state index contributed by atoms with van der Waals surface area (Å²) in [5.74, 6) is 0.805. The van der Waals surface area contributed by atoms with Crippen LogP contribution >= 0.6 is 0 Å². The molecular formula is C14H26N2O2S. The molecule has 0 aromatic heterocycles. The first-order valence-electron chi connectivity index (χ1n) is 7.84. The highest BCUT2D eigenvalue weighted by Gasteiger charge is 2.38. The second-order valence-corrected chi connectivity index (χ2v) is 8.71. The van der Waals surface area contributed by atoms with Crippen LogP contribution in [0, 0.1) is 0 Å². The average molecular weight is 286 g/mol. The molecule has 2 unspecified atom stereocenters. The Bertz CT molecular complexity index is 400. The summed E-state index contributed by atoms with van der Waals surface area (Å²) in [4.78, 5) is 2.53. The molecule has 2 aliphatic heterocycles. The molecule has 19 heavy (non-hydrogen) atoms. The van der Waals surface area contributed by atoms with Crippen molar-refractivity contribution in [2.75, 3.05) is 24.6 Å². The third-order valence-corrected chi connectivity index (χ3v) is 6.57. The van der Waals surface area contributed by atoms with Crippen molar-refractivity contribution in [3.63, 3.8) is 0 Å². The molecule has 0 bridgehead atoms. The van der Waals surface area contributed by atoms with E-state index >= 15 is 0 Å². The highest BCUT2D eigenvalue weighted by Crippen LogP contribution is 2.32. The Balaban J connectivity index is 1.63. The molecule has 0 aromatic carbocycles. The Morgan fingerprint density at radius 3 is 2.47 bits per heavy atom. The molecule has 3 rings (SSSR count). The van der Waals surface area contributed by atoms with Crippen molar-refractivity contribution < 1.29 is 8.42 Å². The molecule has 3 fully saturated rings. The van der Waals surface area contributed by atoms with E-state index in [-0.39, 0.29) is 6.04 Å². The van der Waals surface area contributed by atoms with E-state index in [1.54, 1.807) is 0 Å². The first kappa shape index (κ1) is 13.8. The normalized spacial score (nSPS) is 35.4. The van der Waals surface area contributed by atoms with Crippen molar-refractivity contribution in [2.24, 2.45) is 0 Å². The second kappa shape index (κ2) is 5.70. The summed E-state index contributed by atoms with van der Waals surface area (Å²) in [7, 11) is -2.79. The topological polar surface area (TPSA) is 49.4 Å². The predicted octanol–water partition coefficient (Wildman–Crippen LogP) is 1.17. The minimum absolute atomic E-state index is 0.287. The lowest BCUT2D eigenvalue weighted by Crippen LogP contribution is -2.51. The van der Waals surface area contributed by atoms with Gasteiger partial charge in [0.1, 0.15) is 0 Å². The minimum atomic E-state index is -2.79. The monoisotopic (exact) mass is 286 g/mol. The molecule has 1 saturated carbocycles. The van der Waals surface area contributed by atoms with E-state index in [1.165, 1.54) is 32.1 Å². The Kier molecular flexibility index (Phi) is 4.15. The molecule has 0 radical (unpaired) electrons. The summed E-state index contributed by atoms with van der Waals surface area (Å²) in [6, 6.07) is 1.54. The van der Waals surface area contributed by atoms with Crippen LogP contribution in [-0.2, 0) is 9.84 Å². The fourth-order valence-electron chi connectivity index (χ4n) is 3.60. The van der Waals surface area contributed by atoms with Gasteiger partial charge in [-0.15, -0.1) is 0 Å². The van der Waals surface area contributed by atoms with Crippen molar-refractivity contribution in [3.05, 3.63) is 0 Å². The third kappa shape index (κ3) is 3.70. The van der Waals surface area contributed by atoms with Crippen LogP contribution in [0.25, 0.3) is 0 Å². The fourth-order valence-corrected chi connectivity index (χ4v) is 5.31. The lowest BCUT2D eigenvalue weighted by molar-refractivity contribution is 0.157. The summed E-state index contributed by atoms with van der Waals surface area (Å²) < 4.78 is 23.7. The van der Waals surface area contributed by atoms with Gasteiger partial charge in [0.15, 0.2) is 9.84 Å². The highest BCUT2D eigenvalue weighted by atomic mass is 32.2. The lowest BCUT2D eigenvalue weighted by atomic mass is 10.0. The third-order valence-electron chi connectivity index (χ3n) is 4.77. The van der Waals surface area contributed by atoms with Crippen LogP contribution in [-0.4, -0.2) is 56.0 Å². The number of hydrogen-bond acceptors (Lipinski definition) is 4. The quantitative estimate of drug-likeness (QED) is 0.843. The van der Waals surface area contributed by atoms with E-state index in [0.29, 0.717) is 23.6 Å². The number of sulfone groups is 1. The number of piperidine rings is 1. The van der Waals surface area contributed by atoms with Crippen LogP contribution in [0.5, 0.6) is 0 Å². The molecule has 1 aliphatic carbocycles. The second-order valence-electron chi connectivity index (χ2n) is 6.49. The van der Waals surface area contributed by atoms with Gasteiger partial charge in [-0.05, 0) is 45.1 Å². The Morgan fingerprint density at radius 1 is 1.00 bits per heavy atom. The lowest BCUT2D eigenvalue weighted by Gasteiger charge is -2.37. The molecule has 0 aromatic rings. The van der Waals surface area contributed by atoms with E-state index in [9.17, 15) is 8.42 Å². The van der Waals surface area contributed by atoms with Gasteiger partial charge in [-0.1, -0.05) is 6.42 Å². The summed E-state index contributed by atoms with van der Waals surface area (Å²) >= 11 is 0. The van der Waals surface area contributed by atoms with Crippen molar-refractivity contribution in [1.29, 1.82) is 0 Å². The molecule has 2 atom stereocenters. The first-order chi connectivity index (χ1) is 9.14. The van der Waals surface area contributed by atoms with Crippen LogP contribution in [0.2, 0.25) is 0 Å². The van der Waals surface area contributed by atoms with Gasteiger partial charge >= 0.3 is 0 Å². The molecule has 3 aliphatic rings. The van der Waals surface area contributed by atoms with Crippen LogP contribution in [0.1, 0.15) is 44.9 Å². The van der Waals surface area contributed by atoms with Crippen LogP contribution < -0.4 is 5.32 Å². The van der Waals surface area contributed by atoms with Crippen LogP contribution in [0.3, 0.4) is 0 Å². The predicted molar refractivity (Wildman–Crippen MR) is 77.0 cm³/mol. The molecule has 1 N–H and O–H groups in total. The van der Waals surface area contributed by atoms with Crippen molar-refractivity contribution in [1.82, 2.24) is 10.2 Å². The zero-order chi connectivity index (χ0) is 13.3. The number of rotatable bonds is 4. The highest BCUT2D eigenvalue weighted by molar-refractivity contribution is 7.91. The van der Waals surface area contributed by atoms with Crippen molar-refractivity contribution >= 4 is 9.84 Å². The van der Waals surface area contributed by atoms with Gasteiger partial charge in [0.25, 0.3) is 0 Å². The molecule has 2 heterocycles. The zero-order valence-electron chi connectivity index (χ0n) is 11.7. The fraction of sp³-hybridized carbons (Fsp3) is 1.00. The SMILES string of the molecule is O=S1(=O)CCCC(N(CC2CCCCN2)C2CC2)C1. The van der Waals surface area contributed by atoms with Crippen LogP contribution in [0.4, 0.5) is 0 Å². The largest absolute Gasteiger partial charge is 0.313 e. The maximum Gasteiger partial charge on any atom is 0.151 e. The zero-order valence-corrected chi connectivity index (χ0v) is 12.5. The van der Waals surface area contributed by atoms with Gasteiger partial charge in [-0.2, -0.15) is 0 Å². The van der Waals surface area contributed by atoms with Crippen LogP contribution in [0.15, 0.2) is 0 Å². The molecule has 5 heteroatoms. The maximum atomic E-state index is 11.9. The summed E-state index contributed by atoms with van der Waals surface area (Å²) in [5, 5.41) is 3.60. The van der Waals surface area contributed by atoms with Gasteiger partial charge in [0.05, 0.1) is 11.5 Å². The molecular weight excluding hydrogens is 260 g/mol. The number of hydrogen-bond donors (Lipinski definition) is 1. The van der Waals surface area contributed by atoms with Gasteiger partial charge in [-0.25, -0.2) is 8.42 Å². The Labute approximate surface area is 116 Å². The van der Waals surface area contributed by atoms with Gasteiger partial charge in [0.2, 0.25) is 0 Å². The van der Waals surface area contributed by atoms with E-state index in [2.05, 4.69) is 10.2 Å². The first-order valence-corrected chi connectivity index (χ1v) is 9.66. The van der Waals surface area contributed by atoms with Gasteiger partial charge in [0, 0.05) is 24.7 Å². The molecule has 0 spiro atoms. The summed E-state index contributed by atoms with van der Waals surface area (Å²) in [6.45, 7) is 2.19. The van der Waals surface area contributed by atoms with Gasteiger partial charge < -0.3 is 5.32 Å². The Morgan fingerprint density at radius 2 is 1.84 bits per heavy atom. The van der Waals surface area contributed by atoms with E-state index in [1.807, 2.05) is 0 Å². The molecule has 110 valence electrons. The summed E-state index contributed by atoms with van der Waals surface area (Å²) in [5.41, 5.74) is 0. The minimum Gasteiger partial charge on any atom is -0.313 e. The van der Waals surface area contributed by atoms with E-state index in [4.69, 9.17) is 0 Å². The number of nitrogens with one attached hydrogen (secondary N) is 1. The number of nitrogens with zero attached hydrogens (tertiary/aromatic N) is 1. The molecule has 0 amide bonds. The van der Waals surface area contributed by atoms with E-state index in [0.717, 1.165) is 25.9 Å². The smallest absolute Gasteiger partial charge is 0.151 e. The summed E-state index contributed by atoms with van der Waals surface area (Å²) in [6.07, 6.45) is 8.32. The van der Waals surface area contributed by atoms with Crippen molar-refractivity contribution in [3.8, 4) is 0 Å². The average Bonchev–Trinajstić information content (AvgIpc) is 3.20. The Hall–Kier alpha value is -0.130. The standard InChI is InChI=1S/C14H26N2O2S/c17-19(18)9-3-5-14(11-19)16(13-6-7-13)10-12-4-1-2-8-15-12/h12-15H,1-11H2. The van der Waals surface area contributed by atoms with Gasteiger partial charge in [-0.3, -0.25) is 4.90 Å². The molecule has 4 nitrogen and oxygen atoms in total. The maximum absolute atomic E-state index is 11.9.